The molecule has 18 heavy (non-hydrogen) atoms. The highest BCUT2D eigenvalue weighted by molar-refractivity contribution is 9.11. The van der Waals surface area contributed by atoms with E-state index in [4.69, 9.17) is 4.74 Å². The average molecular weight is 378 g/mol. The lowest BCUT2D eigenvalue weighted by molar-refractivity contribution is -0.0117. The molecule has 0 saturated carbocycles. The number of hydrogen-bond donors (Lipinski definition) is 1. The molecule has 1 saturated heterocycles. The molecule has 1 fully saturated rings. The minimum atomic E-state index is 0.254. The molecule has 1 aliphatic heterocycles. The quantitative estimate of drug-likeness (QED) is 0.874. The van der Waals surface area contributed by atoms with Gasteiger partial charge in [0.25, 0.3) is 0 Å². The Kier molecular flexibility index (Phi) is 5.06. The molecule has 2 rings (SSSR count). The van der Waals surface area contributed by atoms with Crippen molar-refractivity contribution in [3.63, 3.8) is 0 Å². The van der Waals surface area contributed by atoms with Crippen molar-refractivity contribution in [3.8, 4) is 0 Å². The largest absolute Gasteiger partial charge is 0.381 e. The van der Waals surface area contributed by atoms with Gasteiger partial charge in [0.15, 0.2) is 0 Å². The van der Waals surface area contributed by atoms with Gasteiger partial charge in [0.2, 0.25) is 0 Å². The molecule has 5 heteroatoms. The molecule has 0 aliphatic carbocycles. The number of benzene rings is 1. The number of morpholine rings is 1. The third-order valence-corrected chi connectivity index (χ3v) is 4.29. The highest BCUT2D eigenvalue weighted by Crippen LogP contribution is 2.32. The van der Waals surface area contributed by atoms with Crippen molar-refractivity contribution in [1.29, 1.82) is 0 Å². The molecule has 0 spiro atoms. The Morgan fingerprint density at radius 2 is 2.06 bits per heavy atom. The molecule has 1 aromatic rings. The fraction of sp³-hybridized carbons (Fsp3) is 0.538. The average Bonchev–Trinajstić information content (AvgIpc) is 2.27. The van der Waals surface area contributed by atoms with Crippen LogP contribution in [0.2, 0.25) is 0 Å². The highest BCUT2D eigenvalue weighted by atomic mass is 79.9. The molecule has 0 radical (unpaired) electrons. The Morgan fingerprint density at radius 1 is 1.39 bits per heavy atom. The van der Waals surface area contributed by atoms with Gasteiger partial charge in [-0.3, -0.25) is 0 Å². The van der Waals surface area contributed by atoms with Crippen molar-refractivity contribution in [2.24, 2.45) is 0 Å². The van der Waals surface area contributed by atoms with Crippen molar-refractivity contribution in [2.75, 3.05) is 38.6 Å². The van der Waals surface area contributed by atoms with Crippen LogP contribution in [0.3, 0.4) is 0 Å². The maximum Gasteiger partial charge on any atom is 0.0874 e. The molecular weight excluding hydrogens is 360 g/mol. The topological polar surface area (TPSA) is 24.5 Å². The second-order valence-electron chi connectivity index (χ2n) is 4.74. The predicted octanol–water partition coefficient (Wildman–Crippen LogP) is 3.26. The Hall–Kier alpha value is -0.100. The van der Waals surface area contributed by atoms with Crippen molar-refractivity contribution < 1.29 is 4.74 Å². The van der Waals surface area contributed by atoms with E-state index >= 15 is 0 Å². The van der Waals surface area contributed by atoms with E-state index in [-0.39, 0.29) is 6.10 Å². The van der Waals surface area contributed by atoms with Crippen molar-refractivity contribution in [3.05, 3.63) is 26.6 Å². The molecule has 1 N–H and O–H groups in total. The molecule has 0 aromatic heterocycles. The fourth-order valence-electron chi connectivity index (χ4n) is 2.07. The van der Waals surface area contributed by atoms with Gasteiger partial charge < -0.3 is 15.0 Å². The lowest BCUT2D eigenvalue weighted by atomic mass is 10.2. The van der Waals surface area contributed by atoms with Gasteiger partial charge in [-0.25, -0.2) is 0 Å². The molecular formula is C13H18Br2N2O. The minimum absolute atomic E-state index is 0.254. The van der Waals surface area contributed by atoms with Gasteiger partial charge in [-0.15, -0.1) is 0 Å². The Morgan fingerprint density at radius 3 is 2.67 bits per heavy atom. The summed E-state index contributed by atoms with van der Waals surface area (Å²) < 4.78 is 7.90. The number of anilines is 1. The monoisotopic (exact) mass is 376 g/mol. The third-order valence-electron chi connectivity index (χ3n) is 3.03. The fourth-order valence-corrected chi connectivity index (χ4v) is 3.77. The van der Waals surface area contributed by atoms with E-state index in [9.17, 15) is 0 Å². The van der Waals surface area contributed by atoms with E-state index in [1.807, 2.05) is 0 Å². The van der Waals surface area contributed by atoms with Gasteiger partial charge in [-0.05, 0) is 63.5 Å². The maximum atomic E-state index is 5.74. The zero-order valence-corrected chi connectivity index (χ0v) is 13.8. The van der Waals surface area contributed by atoms with E-state index in [0.717, 1.165) is 40.9 Å². The van der Waals surface area contributed by atoms with Crippen LogP contribution >= 0.6 is 31.9 Å². The van der Waals surface area contributed by atoms with Crippen molar-refractivity contribution >= 4 is 37.5 Å². The van der Waals surface area contributed by atoms with Gasteiger partial charge in [-0.1, -0.05) is 0 Å². The number of hydrogen-bond acceptors (Lipinski definition) is 3. The van der Waals surface area contributed by atoms with Crippen LogP contribution in [0.1, 0.15) is 5.56 Å². The number of rotatable bonds is 3. The Labute approximate surface area is 125 Å². The summed E-state index contributed by atoms with van der Waals surface area (Å²) in [6, 6.07) is 4.22. The molecule has 0 amide bonds. The van der Waals surface area contributed by atoms with Gasteiger partial charge >= 0.3 is 0 Å². The smallest absolute Gasteiger partial charge is 0.0874 e. The zero-order chi connectivity index (χ0) is 13.1. The second-order valence-corrected chi connectivity index (χ2v) is 6.45. The standard InChI is InChI=1S/C13H18Br2N2O/c1-9-5-11(14)13(12(15)6-9)16-7-10-8-17(2)3-4-18-10/h5-6,10,16H,3-4,7-8H2,1-2H3. The van der Waals surface area contributed by atoms with Crippen LogP contribution in [0.5, 0.6) is 0 Å². The van der Waals surface area contributed by atoms with Gasteiger partial charge in [0.05, 0.1) is 18.4 Å². The molecule has 1 unspecified atom stereocenters. The number of likely N-dealkylation sites (N-methyl/N-ethyl adjacent to an activating group) is 1. The van der Waals surface area contributed by atoms with Crippen LogP contribution in [0.25, 0.3) is 0 Å². The summed E-state index contributed by atoms with van der Waals surface area (Å²) in [7, 11) is 2.13. The number of halogens is 2. The summed E-state index contributed by atoms with van der Waals surface area (Å²) in [6.45, 7) is 5.73. The molecule has 1 atom stereocenters. The summed E-state index contributed by atoms with van der Waals surface area (Å²) in [4.78, 5) is 2.30. The van der Waals surface area contributed by atoms with Crippen molar-refractivity contribution in [2.45, 2.75) is 13.0 Å². The minimum Gasteiger partial charge on any atom is -0.381 e. The predicted molar refractivity (Wildman–Crippen MR) is 82.3 cm³/mol. The van der Waals surface area contributed by atoms with E-state index < -0.39 is 0 Å². The number of aryl methyl sites for hydroxylation is 1. The van der Waals surface area contributed by atoms with Crippen LogP contribution in [-0.2, 0) is 4.74 Å². The van der Waals surface area contributed by atoms with E-state index in [2.05, 4.69) is 68.2 Å². The highest BCUT2D eigenvalue weighted by Gasteiger charge is 2.18. The van der Waals surface area contributed by atoms with E-state index in [1.165, 1.54) is 5.56 Å². The molecule has 3 nitrogen and oxygen atoms in total. The Balaban J connectivity index is 1.97. The van der Waals surface area contributed by atoms with Crippen LogP contribution in [0, 0.1) is 6.92 Å². The summed E-state index contributed by atoms with van der Waals surface area (Å²) in [5.74, 6) is 0. The first-order valence-electron chi connectivity index (χ1n) is 6.06. The van der Waals surface area contributed by atoms with Crippen LogP contribution in [-0.4, -0.2) is 44.3 Å². The first-order valence-corrected chi connectivity index (χ1v) is 7.64. The number of nitrogens with zero attached hydrogens (tertiary/aromatic N) is 1. The third kappa shape index (κ3) is 3.70. The van der Waals surface area contributed by atoms with E-state index in [1.54, 1.807) is 0 Å². The summed E-state index contributed by atoms with van der Waals surface area (Å²) in [5.41, 5.74) is 2.32. The van der Waals surface area contributed by atoms with Crippen LogP contribution in [0.4, 0.5) is 5.69 Å². The number of ether oxygens (including phenoxy) is 1. The molecule has 100 valence electrons. The van der Waals surface area contributed by atoms with Crippen LogP contribution in [0.15, 0.2) is 21.1 Å². The second kappa shape index (κ2) is 6.37. The molecule has 1 aliphatic rings. The molecule has 1 heterocycles. The first-order chi connectivity index (χ1) is 8.56. The zero-order valence-electron chi connectivity index (χ0n) is 10.7. The first kappa shape index (κ1) is 14.3. The van der Waals surface area contributed by atoms with Gasteiger partial charge in [-0.2, -0.15) is 0 Å². The van der Waals surface area contributed by atoms with Crippen LogP contribution < -0.4 is 5.32 Å². The SMILES string of the molecule is Cc1cc(Br)c(NCC2CN(C)CCO2)c(Br)c1. The normalized spacial score (nSPS) is 21.0. The Bertz CT molecular complexity index is 402. The lowest BCUT2D eigenvalue weighted by Crippen LogP contribution is -2.43. The number of nitrogens with one attached hydrogen (secondary N) is 1. The van der Waals surface area contributed by atoms with Gasteiger partial charge in [0.1, 0.15) is 0 Å². The van der Waals surface area contributed by atoms with Gasteiger partial charge in [0, 0.05) is 28.6 Å². The molecule has 1 aromatic carbocycles. The summed E-state index contributed by atoms with van der Waals surface area (Å²) in [6.07, 6.45) is 0.254. The maximum absolute atomic E-state index is 5.74. The van der Waals surface area contributed by atoms with E-state index in [0.29, 0.717) is 0 Å². The summed E-state index contributed by atoms with van der Waals surface area (Å²) >= 11 is 7.18. The summed E-state index contributed by atoms with van der Waals surface area (Å²) in [5, 5.41) is 3.45. The lowest BCUT2D eigenvalue weighted by Gasteiger charge is -2.30. The molecule has 0 bridgehead atoms. The van der Waals surface area contributed by atoms with Crippen molar-refractivity contribution in [1.82, 2.24) is 4.90 Å².